The van der Waals surface area contributed by atoms with Crippen LogP contribution in [0.5, 0.6) is 0 Å². The van der Waals surface area contributed by atoms with Gasteiger partial charge < -0.3 is 10.1 Å². The molecule has 0 aliphatic heterocycles. The fraction of sp³-hybridized carbons (Fsp3) is 0.857. The van der Waals surface area contributed by atoms with Gasteiger partial charge in [-0.25, -0.2) is 4.79 Å². The lowest BCUT2D eigenvalue weighted by Gasteiger charge is -2.31. The molecule has 2 fully saturated rings. The molecule has 5 unspecified atom stereocenters. The molecule has 5 atom stereocenters. The Labute approximate surface area is 157 Å². The highest BCUT2D eigenvalue weighted by Crippen LogP contribution is 2.44. The maximum atomic E-state index is 12.9. The number of fused-ring (bicyclic) bond motifs is 1. The Kier molecular flexibility index (Phi) is 7.66. The lowest BCUT2D eigenvalue weighted by Crippen LogP contribution is -2.45. The number of nitrogens with one attached hydrogen (secondary N) is 1. The number of rotatable bonds is 6. The molecule has 0 aromatic heterocycles. The summed E-state index contributed by atoms with van der Waals surface area (Å²) in [5, 5.41) is 2.67. The zero-order valence-electron chi connectivity index (χ0n) is 16.8. The summed E-state index contributed by atoms with van der Waals surface area (Å²) in [4.78, 5) is 36.8. The number of amides is 1. The van der Waals surface area contributed by atoms with Crippen LogP contribution < -0.4 is 5.32 Å². The number of hydrogen-bond acceptors (Lipinski definition) is 4. The average molecular weight is 366 g/mol. The Hall–Kier alpha value is -1.39. The van der Waals surface area contributed by atoms with Crippen LogP contribution in [-0.2, 0) is 14.3 Å². The van der Waals surface area contributed by atoms with Crippen molar-refractivity contribution in [1.82, 2.24) is 5.32 Å². The van der Waals surface area contributed by atoms with Crippen LogP contribution in [0.2, 0.25) is 0 Å². The van der Waals surface area contributed by atoms with E-state index in [2.05, 4.69) is 10.1 Å². The van der Waals surface area contributed by atoms with E-state index in [1.807, 2.05) is 13.8 Å². The van der Waals surface area contributed by atoms with Crippen molar-refractivity contribution in [3.8, 4) is 0 Å². The van der Waals surface area contributed by atoms with Gasteiger partial charge in [-0.05, 0) is 49.9 Å². The number of carbonyl (C=O) groups is 3. The fourth-order valence-electron chi connectivity index (χ4n) is 5.06. The van der Waals surface area contributed by atoms with Gasteiger partial charge in [0.2, 0.25) is 0 Å². The molecule has 1 N–H and O–H groups in total. The van der Waals surface area contributed by atoms with Crippen molar-refractivity contribution in [1.29, 1.82) is 0 Å². The van der Waals surface area contributed by atoms with Crippen molar-refractivity contribution in [2.45, 2.75) is 78.2 Å². The highest BCUT2D eigenvalue weighted by Gasteiger charge is 2.38. The topological polar surface area (TPSA) is 72.5 Å². The third-order valence-electron chi connectivity index (χ3n) is 6.56. The lowest BCUT2D eigenvalue weighted by atomic mass is 9.74. The Balaban J connectivity index is 2.09. The molecule has 2 rings (SSSR count). The molecule has 0 heterocycles. The predicted molar refractivity (Wildman–Crippen MR) is 101 cm³/mol. The molecule has 2 aliphatic rings. The van der Waals surface area contributed by atoms with Crippen LogP contribution in [0.15, 0.2) is 0 Å². The maximum absolute atomic E-state index is 12.9. The number of alkyl carbamates (subject to hydrolysis) is 1. The van der Waals surface area contributed by atoms with Gasteiger partial charge in [-0.1, -0.05) is 39.5 Å². The quantitative estimate of drug-likeness (QED) is 0.768. The smallest absolute Gasteiger partial charge is 0.407 e. The van der Waals surface area contributed by atoms with Gasteiger partial charge in [-0.3, -0.25) is 9.59 Å². The summed E-state index contributed by atoms with van der Waals surface area (Å²) < 4.78 is 4.66. The van der Waals surface area contributed by atoms with Crippen molar-refractivity contribution >= 4 is 17.7 Å². The molecule has 2 saturated carbocycles. The number of ether oxygens (including phenoxy) is 1. The minimum absolute atomic E-state index is 0.00858. The molecule has 5 nitrogen and oxygen atoms in total. The van der Waals surface area contributed by atoms with Gasteiger partial charge in [0.1, 0.15) is 5.78 Å². The molecule has 2 aliphatic carbocycles. The Morgan fingerprint density at radius 1 is 1.04 bits per heavy atom. The molecule has 5 heteroatoms. The monoisotopic (exact) mass is 365 g/mol. The standard InChI is InChI=1S/C21H35NO4/c1-13(2)20(22-21(25)26-4)19(24)12-17-10-9-15-7-5-6-8-16(15)11-18(17)14(3)23/h13,15-18,20H,5-12H2,1-4H3,(H,22,25). The Morgan fingerprint density at radius 3 is 2.27 bits per heavy atom. The number of Topliss-reactive ketones (excluding diaryl/α,β-unsaturated/α-hetero) is 2. The second-order valence-corrected chi connectivity index (χ2v) is 8.62. The highest BCUT2D eigenvalue weighted by molar-refractivity contribution is 5.88. The first-order valence-electron chi connectivity index (χ1n) is 10.2. The molecule has 0 bridgehead atoms. The van der Waals surface area contributed by atoms with E-state index in [4.69, 9.17) is 0 Å². The summed E-state index contributed by atoms with van der Waals surface area (Å²) >= 11 is 0. The van der Waals surface area contributed by atoms with Crippen molar-refractivity contribution in [2.75, 3.05) is 7.11 Å². The molecule has 0 aromatic carbocycles. The molecule has 0 radical (unpaired) electrons. The Morgan fingerprint density at radius 2 is 1.69 bits per heavy atom. The molecular weight excluding hydrogens is 330 g/mol. The van der Waals surface area contributed by atoms with Gasteiger partial charge >= 0.3 is 6.09 Å². The van der Waals surface area contributed by atoms with E-state index in [0.717, 1.165) is 25.2 Å². The van der Waals surface area contributed by atoms with E-state index < -0.39 is 12.1 Å². The zero-order valence-corrected chi connectivity index (χ0v) is 16.8. The maximum Gasteiger partial charge on any atom is 0.407 e. The first-order valence-corrected chi connectivity index (χ1v) is 10.2. The van der Waals surface area contributed by atoms with Gasteiger partial charge in [0.15, 0.2) is 5.78 Å². The number of ketones is 2. The Bertz CT molecular complexity index is 516. The summed E-state index contributed by atoms with van der Waals surface area (Å²) in [6.07, 6.45) is 7.88. The molecule has 0 saturated heterocycles. The SMILES string of the molecule is COC(=O)NC(C(=O)CC1CCC2CCCCC2CC1C(C)=O)C(C)C. The van der Waals surface area contributed by atoms with E-state index in [0.29, 0.717) is 12.3 Å². The second kappa shape index (κ2) is 9.52. The van der Waals surface area contributed by atoms with Crippen LogP contribution in [0.25, 0.3) is 0 Å². The fourth-order valence-corrected chi connectivity index (χ4v) is 5.06. The molecule has 1 amide bonds. The summed E-state index contributed by atoms with van der Waals surface area (Å²) in [6, 6.07) is -0.555. The summed E-state index contributed by atoms with van der Waals surface area (Å²) in [6.45, 7) is 5.52. The van der Waals surface area contributed by atoms with Crippen LogP contribution in [0.4, 0.5) is 4.79 Å². The molecule has 26 heavy (non-hydrogen) atoms. The largest absolute Gasteiger partial charge is 0.453 e. The van der Waals surface area contributed by atoms with Crippen molar-refractivity contribution < 1.29 is 19.1 Å². The molecule has 148 valence electrons. The predicted octanol–water partition coefficient (Wildman–Crippen LogP) is 4.14. The van der Waals surface area contributed by atoms with Crippen LogP contribution in [0.1, 0.15) is 72.1 Å². The summed E-state index contributed by atoms with van der Waals surface area (Å²) in [5.74, 6) is 1.68. The van der Waals surface area contributed by atoms with E-state index >= 15 is 0 Å². The third kappa shape index (κ3) is 5.31. The van der Waals surface area contributed by atoms with Gasteiger partial charge in [0.25, 0.3) is 0 Å². The van der Waals surface area contributed by atoms with Gasteiger partial charge in [-0.15, -0.1) is 0 Å². The van der Waals surface area contributed by atoms with E-state index in [1.165, 1.54) is 32.8 Å². The van der Waals surface area contributed by atoms with Crippen molar-refractivity contribution in [3.63, 3.8) is 0 Å². The first-order chi connectivity index (χ1) is 12.3. The molecule has 0 spiro atoms. The second-order valence-electron chi connectivity index (χ2n) is 8.62. The van der Waals surface area contributed by atoms with E-state index in [9.17, 15) is 14.4 Å². The molecular formula is C21H35NO4. The van der Waals surface area contributed by atoms with E-state index in [1.54, 1.807) is 6.92 Å². The van der Waals surface area contributed by atoms with Gasteiger partial charge in [-0.2, -0.15) is 0 Å². The summed E-state index contributed by atoms with van der Waals surface area (Å²) in [7, 11) is 1.30. The molecule has 0 aromatic rings. The van der Waals surface area contributed by atoms with Crippen molar-refractivity contribution in [2.24, 2.45) is 29.6 Å². The van der Waals surface area contributed by atoms with Crippen LogP contribution >= 0.6 is 0 Å². The average Bonchev–Trinajstić information content (AvgIpc) is 2.79. The van der Waals surface area contributed by atoms with Gasteiger partial charge in [0.05, 0.1) is 13.2 Å². The summed E-state index contributed by atoms with van der Waals surface area (Å²) in [5.41, 5.74) is 0. The minimum Gasteiger partial charge on any atom is -0.453 e. The zero-order chi connectivity index (χ0) is 19.3. The van der Waals surface area contributed by atoms with Crippen LogP contribution in [0.3, 0.4) is 0 Å². The first kappa shape index (κ1) is 20.9. The van der Waals surface area contributed by atoms with Crippen molar-refractivity contribution in [3.05, 3.63) is 0 Å². The minimum atomic E-state index is -0.577. The normalized spacial score (nSPS) is 30.0. The van der Waals surface area contributed by atoms with Gasteiger partial charge in [0, 0.05) is 12.3 Å². The third-order valence-corrected chi connectivity index (χ3v) is 6.56. The van der Waals surface area contributed by atoms with E-state index in [-0.39, 0.29) is 29.3 Å². The number of carbonyl (C=O) groups excluding carboxylic acids is 3. The number of hydrogen-bond donors (Lipinski definition) is 1. The number of methoxy groups -OCH3 is 1. The van der Waals surface area contributed by atoms with Crippen LogP contribution in [-0.4, -0.2) is 30.8 Å². The lowest BCUT2D eigenvalue weighted by molar-refractivity contribution is -0.126. The highest BCUT2D eigenvalue weighted by atomic mass is 16.5. The van der Waals surface area contributed by atoms with Crippen LogP contribution in [0, 0.1) is 29.6 Å².